The molecule has 4 aromatic rings. The molecule has 0 amide bonds. The lowest BCUT2D eigenvalue weighted by molar-refractivity contribution is 0.589. The van der Waals surface area contributed by atoms with Crippen molar-refractivity contribution in [3.63, 3.8) is 0 Å². The highest BCUT2D eigenvalue weighted by atomic mass is 14.2. The summed E-state index contributed by atoms with van der Waals surface area (Å²) in [5, 5.41) is 2.65. The van der Waals surface area contributed by atoms with Gasteiger partial charge in [0.1, 0.15) is 0 Å². The van der Waals surface area contributed by atoms with Crippen molar-refractivity contribution in [2.24, 2.45) is 0 Å². The van der Waals surface area contributed by atoms with E-state index in [0.717, 1.165) is 12.8 Å². The topological polar surface area (TPSA) is 0 Å². The molecule has 4 aromatic carbocycles. The van der Waals surface area contributed by atoms with E-state index in [9.17, 15) is 0 Å². The predicted molar refractivity (Wildman–Crippen MR) is 212 cm³/mol. The van der Waals surface area contributed by atoms with Gasteiger partial charge in [0.05, 0.1) is 0 Å². The van der Waals surface area contributed by atoms with Gasteiger partial charge in [-0.25, -0.2) is 0 Å². The molecule has 0 aliphatic heterocycles. The molecule has 250 valence electrons. The zero-order valence-corrected chi connectivity index (χ0v) is 32.2. The van der Waals surface area contributed by atoms with E-state index in [0.29, 0.717) is 0 Å². The first kappa shape index (κ1) is 40.6. The van der Waals surface area contributed by atoms with Crippen molar-refractivity contribution in [3.8, 4) is 0 Å². The largest absolute Gasteiger partial charge is 0.0795 e. The zero-order chi connectivity index (χ0) is 35.1. The molecule has 0 fully saturated rings. The Hall–Kier alpha value is -3.38. The number of hydrogen-bond donors (Lipinski definition) is 0. The van der Waals surface area contributed by atoms with Crippen LogP contribution in [0.1, 0.15) is 143 Å². The lowest BCUT2D eigenvalue weighted by atomic mass is 9.85. The molecule has 2 aliphatic rings. The Bertz CT molecular complexity index is 1520. The fourth-order valence-corrected chi connectivity index (χ4v) is 5.10. The van der Waals surface area contributed by atoms with Gasteiger partial charge in [-0.1, -0.05) is 207 Å². The molecule has 0 spiro atoms. The lowest BCUT2D eigenvalue weighted by Gasteiger charge is -2.19. The molecular formula is C46H66. The molecule has 0 bridgehead atoms. The summed E-state index contributed by atoms with van der Waals surface area (Å²) in [6, 6.07) is 28.9. The van der Waals surface area contributed by atoms with Gasteiger partial charge in [-0.15, -0.1) is 0 Å². The van der Waals surface area contributed by atoms with Crippen LogP contribution in [-0.4, -0.2) is 0 Å². The van der Waals surface area contributed by atoms with Gasteiger partial charge in [0.25, 0.3) is 0 Å². The van der Waals surface area contributed by atoms with Gasteiger partial charge in [-0.3, -0.25) is 0 Å². The van der Waals surface area contributed by atoms with E-state index in [-0.39, 0.29) is 16.2 Å². The monoisotopic (exact) mass is 619 g/mol. The van der Waals surface area contributed by atoms with Crippen LogP contribution >= 0.6 is 0 Å². The van der Waals surface area contributed by atoms with Crippen LogP contribution in [0.4, 0.5) is 0 Å². The van der Waals surface area contributed by atoms with E-state index < -0.39 is 0 Å². The van der Waals surface area contributed by atoms with Crippen molar-refractivity contribution in [2.75, 3.05) is 0 Å². The fraction of sp³-hybridized carbons (Fsp3) is 0.435. The summed E-state index contributed by atoms with van der Waals surface area (Å²) in [6.07, 6.45) is 11.1. The average molecular weight is 619 g/mol. The van der Waals surface area contributed by atoms with Gasteiger partial charge in [0.15, 0.2) is 0 Å². The van der Waals surface area contributed by atoms with Crippen LogP contribution in [0.2, 0.25) is 0 Å². The molecule has 0 radical (unpaired) electrons. The number of rotatable bonds is 0. The van der Waals surface area contributed by atoms with Crippen molar-refractivity contribution in [3.05, 3.63) is 130 Å². The minimum absolute atomic E-state index is 0.240. The first-order valence-corrected chi connectivity index (χ1v) is 17.8. The van der Waals surface area contributed by atoms with Gasteiger partial charge >= 0.3 is 0 Å². The molecule has 0 unspecified atom stereocenters. The molecule has 0 aromatic heterocycles. The highest BCUT2D eigenvalue weighted by Crippen LogP contribution is 2.29. The third-order valence-electron chi connectivity index (χ3n) is 7.91. The van der Waals surface area contributed by atoms with E-state index in [1.807, 2.05) is 41.5 Å². The molecule has 6 rings (SSSR count). The molecule has 0 nitrogen and oxygen atoms in total. The summed E-state index contributed by atoms with van der Waals surface area (Å²) in [5.74, 6) is 0. The third kappa shape index (κ3) is 12.1. The minimum Gasteiger partial charge on any atom is -0.0795 e. The van der Waals surface area contributed by atoms with Crippen molar-refractivity contribution >= 4 is 22.9 Å². The van der Waals surface area contributed by atoms with Gasteiger partial charge in [0.2, 0.25) is 0 Å². The van der Waals surface area contributed by atoms with Crippen molar-refractivity contribution < 1.29 is 0 Å². The van der Waals surface area contributed by atoms with Crippen molar-refractivity contribution in [1.29, 1.82) is 0 Å². The Morgan fingerprint density at radius 2 is 0.826 bits per heavy atom. The molecule has 0 N–H and O–H groups in total. The molecule has 2 aliphatic carbocycles. The van der Waals surface area contributed by atoms with Crippen LogP contribution in [0.15, 0.2) is 91.0 Å². The van der Waals surface area contributed by atoms with Crippen LogP contribution in [-0.2, 0) is 29.1 Å². The second-order valence-electron chi connectivity index (χ2n) is 14.4. The first-order valence-electron chi connectivity index (χ1n) is 17.8. The Labute approximate surface area is 285 Å². The van der Waals surface area contributed by atoms with Crippen LogP contribution in [0.25, 0.3) is 22.9 Å². The fourth-order valence-electron chi connectivity index (χ4n) is 5.10. The van der Waals surface area contributed by atoms with Gasteiger partial charge < -0.3 is 0 Å². The highest BCUT2D eigenvalue weighted by molar-refractivity contribution is 5.83. The summed E-state index contributed by atoms with van der Waals surface area (Å²) in [5.41, 5.74) is 10.8. The second-order valence-corrected chi connectivity index (χ2v) is 14.4. The quantitative estimate of drug-likeness (QED) is 0.184. The summed E-state index contributed by atoms with van der Waals surface area (Å²) in [7, 11) is 0. The van der Waals surface area contributed by atoms with E-state index in [2.05, 4.69) is 165 Å². The Balaban J connectivity index is 0.000000319. The Kier molecular flexibility index (Phi) is 16.5. The third-order valence-corrected chi connectivity index (χ3v) is 7.91. The Morgan fingerprint density at radius 1 is 0.391 bits per heavy atom. The normalized spacial score (nSPS) is 12.3. The smallest absolute Gasteiger partial charge is 0.00881 e. The maximum absolute atomic E-state index is 2.34. The molecule has 46 heavy (non-hydrogen) atoms. The first-order chi connectivity index (χ1) is 21.7. The summed E-state index contributed by atoms with van der Waals surface area (Å²) in [4.78, 5) is 0. The number of fused-ring (bicyclic) bond motifs is 3. The van der Waals surface area contributed by atoms with Crippen LogP contribution in [0.3, 0.4) is 0 Å². The van der Waals surface area contributed by atoms with Crippen LogP contribution < -0.4 is 0 Å². The summed E-state index contributed by atoms with van der Waals surface area (Å²) < 4.78 is 0. The minimum atomic E-state index is 0.240. The van der Waals surface area contributed by atoms with Crippen LogP contribution in [0.5, 0.6) is 0 Å². The molecule has 0 heterocycles. The molecule has 0 atom stereocenters. The second kappa shape index (κ2) is 18.7. The van der Waals surface area contributed by atoms with Gasteiger partial charge in [-0.05, 0) is 78.8 Å². The molecule has 0 saturated carbocycles. The van der Waals surface area contributed by atoms with E-state index in [1.54, 1.807) is 0 Å². The van der Waals surface area contributed by atoms with Crippen LogP contribution in [0, 0.1) is 0 Å². The van der Waals surface area contributed by atoms with E-state index in [4.69, 9.17) is 0 Å². The number of benzene rings is 4. The Morgan fingerprint density at radius 3 is 1.39 bits per heavy atom. The van der Waals surface area contributed by atoms with Gasteiger partial charge in [0, 0.05) is 0 Å². The molecule has 0 heteroatoms. The summed E-state index contributed by atoms with van der Waals surface area (Å²) >= 11 is 0. The van der Waals surface area contributed by atoms with Crippen molar-refractivity contribution in [1.82, 2.24) is 0 Å². The molecular weight excluding hydrogens is 553 g/mol. The van der Waals surface area contributed by atoms with Crippen molar-refractivity contribution in [2.45, 2.75) is 133 Å². The van der Waals surface area contributed by atoms with Gasteiger partial charge in [-0.2, -0.15) is 0 Å². The maximum Gasteiger partial charge on any atom is -0.00881 e. The standard InChI is InChI=1S/C14H16.2C13H16.3C2H6/c1-14(2,3)13-9-8-11-6-4-5-7-12(11)10-13;2*1-13(2,3)12-8-7-10-5-4-6-11(10)9-12;3*1-2/h4-10H,1-3H3;4,6-9H,5H2,1-3H3;4-5,7-9H,6H2,1-3H3;3*1-2H3. The lowest BCUT2D eigenvalue weighted by Crippen LogP contribution is -2.11. The zero-order valence-electron chi connectivity index (χ0n) is 32.2. The summed E-state index contributed by atoms with van der Waals surface area (Å²) in [6.45, 7) is 32.3. The maximum atomic E-state index is 2.34. The number of hydrogen-bond acceptors (Lipinski definition) is 0. The average Bonchev–Trinajstić information content (AvgIpc) is 3.72. The van der Waals surface area contributed by atoms with E-state index >= 15 is 0 Å². The SMILES string of the molecule is CC.CC.CC.CC(C)(C)c1ccc2c(c1)C=CC2.CC(C)(C)c1ccc2c(c1)CC=C2.CC(C)(C)c1ccc2ccccc2c1. The predicted octanol–water partition coefficient (Wildman–Crippen LogP) is 14.3. The van der Waals surface area contributed by atoms with E-state index in [1.165, 1.54) is 49.7 Å². The number of allylic oxidation sites excluding steroid dienone is 2. The molecule has 0 saturated heterocycles. The highest BCUT2D eigenvalue weighted by Gasteiger charge is 2.17.